The van der Waals surface area contributed by atoms with Crippen LogP contribution in [0.1, 0.15) is 26.7 Å². The van der Waals surface area contributed by atoms with Crippen LogP contribution in [0.3, 0.4) is 0 Å². The van der Waals surface area contributed by atoms with Crippen molar-refractivity contribution in [3.8, 4) is 0 Å². The third-order valence-corrected chi connectivity index (χ3v) is 4.33. The molecule has 2 aliphatic rings. The summed E-state index contributed by atoms with van der Waals surface area (Å²) in [5, 5.41) is 9.39. The minimum Gasteiger partial charge on any atom is -0.481 e. The number of aliphatic carboxylic acids is 1. The van der Waals surface area contributed by atoms with Crippen molar-refractivity contribution in [2.24, 2.45) is 17.3 Å². The van der Waals surface area contributed by atoms with Crippen LogP contribution in [0.5, 0.6) is 0 Å². The van der Waals surface area contributed by atoms with Gasteiger partial charge in [-0.2, -0.15) is 0 Å². The van der Waals surface area contributed by atoms with Crippen molar-refractivity contribution in [3.05, 3.63) is 0 Å². The molecule has 2 unspecified atom stereocenters. The lowest BCUT2D eigenvalue weighted by Gasteiger charge is -2.28. The van der Waals surface area contributed by atoms with Crippen molar-refractivity contribution < 1.29 is 14.6 Å². The molecule has 2 fully saturated rings. The highest BCUT2D eigenvalue weighted by molar-refractivity contribution is 5.75. The van der Waals surface area contributed by atoms with Crippen molar-refractivity contribution in [2.75, 3.05) is 32.8 Å². The molecule has 2 rings (SSSR count). The van der Waals surface area contributed by atoms with Crippen LogP contribution in [-0.2, 0) is 9.53 Å². The average molecular weight is 241 g/mol. The van der Waals surface area contributed by atoms with Crippen LogP contribution < -0.4 is 0 Å². The lowest BCUT2D eigenvalue weighted by atomic mass is 9.87. The molecule has 0 aliphatic carbocycles. The van der Waals surface area contributed by atoms with Crippen LogP contribution >= 0.6 is 0 Å². The Morgan fingerprint density at radius 2 is 2.35 bits per heavy atom. The maximum absolute atomic E-state index is 11.4. The van der Waals surface area contributed by atoms with Gasteiger partial charge in [-0.05, 0) is 31.2 Å². The molecule has 1 N–H and O–H groups in total. The van der Waals surface area contributed by atoms with E-state index in [1.165, 1.54) is 6.42 Å². The first-order valence-corrected chi connectivity index (χ1v) is 6.57. The van der Waals surface area contributed by atoms with Gasteiger partial charge in [0.1, 0.15) is 5.41 Å². The molecule has 98 valence electrons. The van der Waals surface area contributed by atoms with Gasteiger partial charge in [-0.25, -0.2) is 0 Å². The molecule has 4 nitrogen and oxygen atoms in total. The zero-order chi connectivity index (χ0) is 12.5. The van der Waals surface area contributed by atoms with Crippen molar-refractivity contribution in [1.29, 1.82) is 0 Å². The molecule has 0 radical (unpaired) electrons. The van der Waals surface area contributed by atoms with Crippen LogP contribution in [0.4, 0.5) is 0 Å². The second-order valence-electron chi connectivity index (χ2n) is 5.92. The van der Waals surface area contributed by atoms with E-state index in [0.29, 0.717) is 32.1 Å². The Balaban J connectivity index is 1.94. The number of nitrogens with zero attached hydrogens (tertiary/aromatic N) is 1. The maximum Gasteiger partial charge on any atom is 0.313 e. The smallest absolute Gasteiger partial charge is 0.313 e. The molecule has 0 aromatic carbocycles. The fraction of sp³-hybridized carbons (Fsp3) is 0.923. The van der Waals surface area contributed by atoms with E-state index in [9.17, 15) is 9.90 Å². The van der Waals surface area contributed by atoms with Gasteiger partial charge in [-0.3, -0.25) is 4.79 Å². The summed E-state index contributed by atoms with van der Waals surface area (Å²) in [5.74, 6) is 0.728. The van der Waals surface area contributed by atoms with Crippen molar-refractivity contribution >= 4 is 5.97 Å². The standard InChI is InChI=1S/C13H23NO3/c1-10(2)11-3-5-14(7-11)8-13(12(15)16)4-6-17-9-13/h10-11H,3-9H2,1-2H3,(H,15,16). The van der Waals surface area contributed by atoms with Crippen molar-refractivity contribution in [1.82, 2.24) is 4.90 Å². The summed E-state index contributed by atoms with van der Waals surface area (Å²) >= 11 is 0. The minimum absolute atomic E-state index is 0.380. The van der Waals surface area contributed by atoms with Crippen molar-refractivity contribution in [3.63, 3.8) is 0 Å². The monoisotopic (exact) mass is 241 g/mol. The number of rotatable bonds is 4. The molecule has 0 aromatic heterocycles. The van der Waals surface area contributed by atoms with Gasteiger partial charge in [-0.1, -0.05) is 13.8 Å². The largest absolute Gasteiger partial charge is 0.481 e. The van der Waals surface area contributed by atoms with E-state index in [4.69, 9.17) is 4.74 Å². The highest BCUT2D eigenvalue weighted by Crippen LogP contribution is 2.33. The Morgan fingerprint density at radius 3 is 2.82 bits per heavy atom. The third-order valence-electron chi connectivity index (χ3n) is 4.33. The maximum atomic E-state index is 11.4. The van der Waals surface area contributed by atoms with Crippen LogP contribution in [-0.4, -0.2) is 48.8 Å². The summed E-state index contributed by atoms with van der Waals surface area (Å²) < 4.78 is 5.30. The summed E-state index contributed by atoms with van der Waals surface area (Å²) in [7, 11) is 0. The Labute approximate surface area is 103 Å². The first-order chi connectivity index (χ1) is 8.03. The highest BCUT2D eigenvalue weighted by atomic mass is 16.5. The summed E-state index contributed by atoms with van der Waals surface area (Å²) in [6, 6.07) is 0. The number of carboxylic acids is 1. The summed E-state index contributed by atoms with van der Waals surface area (Å²) in [6.07, 6.45) is 1.86. The number of ether oxygens (including phenoxy) is 1. The molecule has 0 aromatic rings. The predicted octanol–water partition coefficient (Wildman–Crippen LogP) is 1.46. The van der Waals surface area contributed by atoms with E-state index in [2.05, 4.69) is 18.7 Å². The number of carbonyl (C=O) groups is 1. The van der Waals surface area contributed by atoms with Gasteiger partial charge < -0.3 is 14.7 Å². The fourth-order valence-electron chi connectivity index (χ4n) is 2.95. The molecule has 2 aliphatic heterocycles. The molecule has 4 heteroatoms. The molecule has 0 spiro atoms. The molecule has 0 amide bonds. The normalized spacial score (nSPS) is 34.6. The number of carboxylic acid groups (broad SMARTS) is 1. The third kappa shape index (κ3) is 2.63. The quantitative estimate of drug-likeness (QED) is 0.809. The van der Waals surface area contributed by atoms with Crippen LogP contribution in [0.2, 0.25) is 0 Å². The Bertz CT molecular complexity index is 284. The van der Waals surface area contributed by atoms with Crippen molar-refractivity contribution in [2.45, 2.75) is 26.7 Å². The molecular formula is C13H23NO3. The highest BCUT2D eigenvalue weighted by Gasteiger charge is 2.44. The van der Waals surface area contributed by atoms with Gasteiger partial charge in [0, 0.05) is 19.7 Å². The second kappa shape index (κ2) is 4.94. The fourth-order valence-corrected chi connectivity index (χ4v) is 2.95. The lowest BCUT2D eigenvalue weighted by molar-refractivity contribution is -0.150. The van der Waals surface area contributed by atoms with Crippen LogP contribution in [0.15, 0.2) is 0 Å². The number of hydrogen-bond acceptors (Lipinski definition) is 3. The number of likely N-dealkylation sites (tertiary alicyclic amines) is 1. The predicted molar refractivity (Wildman–Crippen MR) is 64.9 cm³/mol. The zero-order valence-corrected chi connectivity index (χ0v) is 10.8. The molecule has 2 atom stereocenters. The SMILES string of the molecule is CC(C)C1CCN(CC2(C(=O)O)CCOC2)C1. The molecule has 17 heavy (non-hydrogen) atoms. The van der Waals surface area contributed by atoms with Crippen LogP contribution in [0.25, 0.3) is 0 Å². The van der Waals surface area contributed by atoms with Crippen LogP contribution in [0, 0.1) is 17.3 Å². The molecular weight excluding hydrogens is 218 g/mol. The van der Waals surface area contributed by atoms with Gasteiger partial charge in [0.25, 0.3) is 0 Å². The Kier molecular flexibility index (Phi) is 3.73. The van der Waals surface area contributed by atoms with Gasteiger partial charge in [0.15, 0.2) is 0 Å². The van der Waals surface area contributed by atoms with E-state index in [0.717, 1.165) is 19.0 Å². The molecule has 2 saturated heterocycles. The van der Waals surface area contributed by atoms with Gasteiger partial charge in [-0.15, -0.1) is 0 Å². The van der Waals surface area contributed by atoms with E-state index < -0.39 is 11.4 Å². The number of hydrogen-bond donors (Lipinski definition) is 1. The lowest BCUT2D eigenvalue weighted by Crippen LogP contribution is -2.43. The van der Waals surface area contributed by atoms with Gasteiger partial charge in [0.05, 0.1) is 6.61 Å². The summed E-state index contributed by atoms with van der Waals surface area (Å²) in [4.78, 5) is 13.7. The summed E-state index contributed by atoms with van der Waals surface area (Å²) in [6.45, 7) is 8.22. The first-order valence-electron chi connectivity index (χ1n) is 6.57. The molecule has 0 bridgehead atoms. The Hall–Kier alpha value is -0.610. The molecule has 2 heterocycles. The van der Waals surface area contributed by atoms with E-state index in [1.54, 1.807) is 0 Å². The van der Waals surface area contributed by atoms with E-state index in [-0.39, 0.29) is 0 Å². The minimum atomic E-state index is -0.692. The molecule has 0 saturated carbocycles. The average Bonchev–Trinajstić information content (AvgIpc) is 2.88. The Morgan fingerprint density at radius 1 is 1.59 bits per heavy atom. The first kappa shape index (κ1) is 12.8. The summed E-state index contributed by atoms with van der Waals surface area (Å²) in [5.41, 5.74) is -0.647. The second-order valence-corrected chi connectivity index (χ2v) is 5.92. The van der Waals surface area contributed by atoms with Gasteiger partial charge >= 0.3 is 5.97 Å². The van der Waals surface area contributed by atoms with E-state index in [1.807, 2.05) is 0 Å². The zero-order valence-electron chi connectivity index (χ0n) is 10.8. The van der Waals surface area contributed by atoms with Gasteiger partial charge in [0.2, 0.25) is 0 Å². The van der Waals surface area contributed by atoms with E-state index >= 15 is 0 Å². The topological polar surface area (TPSA) is 49.8 Å².